The minimum atomic E-state index is -2.50. The largest absolute Gasteiger partial charge is 0.755 e. The summed E-state index contributed by atoms with van der Waals surface area (Å²) < 4.78 is 26.4. The van der Waals surface area contributed by atoms with E-state index in [0.29, 0.717) is 22.8 Å². The van der Waals surface area contributed by atoms with E-state index in [1.54, 1.807) is 36.3 Å². The first-order valence-corrected chi connectivity index (χ1v) is 10.8. The molecule has 1 fully saturated rings. The Labute approximate surface area is 180 Å². The van der Waals surface area contributed by atoms with E-state index in [1.807, 2.05) is 24.3 Å². The second-order valence-corrected chi connectivity index (χ2v) is 8.29. The van der Waals surface area contributed by atoms with Crippen molar-refractivity contribution in [2.75, 3.05) is 9.62 Å². The Morgan fingerprint density at radius 3 is 2.68 bits per heavy atom. The number of carbonyl (C=O) groups is 1. The van der Waals surface area contributed by atoms with Crippen LogP contribution < -0.4 is 9.62 Å². The SMILES string of the molecule is Cn1cc(N(c2ccc(-c3cc(NC(=O)C4CC4)nc4[nH]ccc34)cc2)S(=O)[O-])cn1. The number of H-pyrrole nitrogens is 1. The van der Waals surface area contributed by atoms with Gasteiger partial charge in [0.15, 0.2) is 0 Å². The number of hydrogen-bond donors (Lipinski definition) is 2. The van der Waals surface area contributed by atoms with Crippen molar-refractivity contribution in [3.8, 4) is 11.1 Å². The third-order valence-electron chi connectivity index (χ3n) is 5.22. The molecule has 158 valence electrons. The average molecular weight is 435 g/mol. The van der Waals surface area contributed by atoms with Crippen LogP contribution in [0.15, 0.2) is 55.0 Å². The fourth-order valence-corrected chi connectivity index (χ4v) is 4.09. The number of hydrogen-bond acceptors (Lipinski definition) is 5. The van der Waals surface area contributed by atoms with Crippen molar-refractivity contribution in [2.45, 2.75) is 12.8 Å². The maximum absolute atomic E-state index is 12.2. The molecular formula is C21H19N6O3S-. The molecule has 1 amide bonds. The Hall–Kier alpha value is -3.50. The summed E-state index contributed by atoms with van der Waals surface area (Å²) in [5, 5.41) is 7.85. The lowest BCUT2D eigenvalue weighted by molar-refractivity contribution is -0.117. The van der Waals surface area contributed by atoms with Crippen molar-refractivity contribution in [2.24, 2.45) is 13.0 Å². The van der Waals surface area contributed by atoms with E-state index in [-0.39, 0.29) is 11.8 Å². The number of benzene rings is 1. The fourth-order valence-electron chi connectivity index (χ4n) is 3.53. The average Bonchev–Trinajstić information content (AvgIpc) is 3.36. The van der Waals surface area contributed by atoms with E-state index < -0.39 is 11.3 Å². The van der Waals surface area contributed by atoms with E-state index in [2.05, 4.69) is 20.4 Å². The standard InChI is InChI=1S/C21H20N6O3S/c1-26-12-16(11-23-26)27(31(29)30)15-6-4-13(5-7-15)18-10-19(25-21(28)14-2-3-14)24-20-17(18)8-9-22-20/h4-12,14H,2-3H2,1H3,(H,29,30)(H2,22,24,25,28)/p-1. The summed E-state index contributed by atoms with van der Waals surface area (Å²) in [7, 11) is 1.73. The second-order valence-electron chi connectivity index (χ2n) is 7.49. The number of carbonyl (C=O) groups excluding carboxylic acids is 1. The number of pyridine rings is 1. The van der Waals surface area contributed by atoms with Crippen LogP contribution in [0.5, 0.6) is 0 Å². The van der Waals surface area contributed by atoms with Crippen LogP contribution in [0, 0.1) is 5.92 Å². The van der Waals surface area contributed by atoms with Crippen molar-refractivity contribution in [3.05, 3.63) is 55.0 Å². The van der Waals surface area contributed by atoms with Crippen LogP contribution in [-0.2, 0) is 23.1 Å². The Morgan fingerprint density at radius 1 is 1.26 bits per heavy atom. The molecule has 3 heterocycles. The Morgan fingerprint density at radius 2 is 2.03 bits per heavy atom. The summed E-state index contributed by atoms with van der Waals surface area (Å²) in [5.41, 5.74) is 3.38. The zero-order valence-electron chi connectivity index (χ0n) is 16.6. The quantitative estimate of drug-likeness (QED) is 0.451. The zero-order chi connectivity index (χ0) is 21.5. The number of fused-ring (bicyclic) bond motifs is 1. The van der Waals surface area contributed by atoms with Crippen LogP contribution in [0.2, 0.25) is 0 Å². The Kier molecular flexibility index (Phi) is 4.79. The summed E-state index contributed by atoms with van der Waals surface area (Å²) in [6, 6.07) is 10.9. The molecule has 1 aliphatic carbocycles. The van der Waals surface area contributed by atoms with Crippen LogP contribution in [0.1, 0.15) is 12.8 Å². The number of aryl methyl sites for hydroxylation is 1. The van der Waals surface area contributed by atoms with Gasteiger partial charge in [-0.2, -0.15) is 5.10 Å². The molecule has 1 aromatic carbocycles. The lowest BCUT2D eigenvalue weighted by Crippen LogP contribution is -2.18. The first-order valence-electron chi connectivity index (χ1n) is 9.77. The molecule has 2 N–H and O–H groups in total. The highest BCUT2D eigenvalue weighted by Gasteiger charge is 2.30. The van der Waals surface area contributed by atoms with Crippen molar-refractivity contribution in [1.82, 2.24) is 19.7 Å². The number of nitrogens with one attached hydrogen (secondary N) is 2. The molecule has 10 heteroatoms. The van der Waals surface area contributed by atoms with E-state index in [0.717, 1.165) is 29.4 Å². The number of aromatic amines is 1. The maximum atomic E-state index is 12.2. The summed E-state index contributed by atoms with van der Waals surface area (Å²) in [5.74, 6) is 0.559. The van der Waals surface area contributed by atoms with Crippen LogP contribution in [0.4, 0.5) is 17.2 Å². The third kappa shape index (κ3) is 3.82. The minimum Gasteiger partial charge on any atom is -0.755 e. The van der Waals surface area contributed by atoms with E-state index in [9.17, 15) is 13.6 Å². The predicted molar refractivity (Wildman–Crippen MR) is 117 cm³/mol. The maximum Gasteiger partial charge on any atom is 0.228 e. The minimum absolute atomic E-state index is 0.00950. The molecule has 0 spiro atoms. The van der Waals surface area contributed by atoms with Gasteiger partial charge in [-0.1, -0.05) is 12.1 Å². The highest BCUT2D eigenvalue weighted by molar-refractivity contribution is 7.81. The van der Waals surface area contributed by atoms with Gasteiger partial charge in [0, 0.05) is 30.7 Å². The third-order valence-corrected chi connectivity index (χ3v) is 5.94. The van der Waals surface area contributed by atoms with Crippen LogP contribution in [0.25, 0.3) is 22.2 Å². The Balaban J connectivity index is 1.50. The first kappa shape index (κ1) is 19.5. The van der Waals surface area contributed by atoms with Crippen molar-refractivity contribution in [1.29, 1.82) is 0 Å². The summed E-state index contributed by atoms with van der Waals surface area (Å²) in [4.78, 5) is 19.8. The number of rotatable bonds is 6. The van der Waals surface area contributed by atoms with Gasteiger partial charge < -0.3 is 14.9 Å². The van der Waals surface area contributed by atoms with Gasteiger partial charge in [-0.15, -0.1) is 0 Å². The smallest absolute Gasteiger partial charge is 0.228 e. The second kappa shape index (κ2) is 7.64. The molecule has 5 rings (SSSR count). The zero-order valence-corrected chi connectivity index (χ0v) is 17.4. The molecular weight excluding hydrogens is 416 g/mol. The van der Waals surface area contributed by atoms with Crippen molar-refractivity contribution >= 4 is 45.4 Å². The van der Waals surface area contributed by atoms with Gasteiger partial charge in [0.25, 0.3) is 0 Å². The van der Waals surface area contributed by atoms with E-state index >= 15 is 0 Å². The van der Waals surface area contributed by atoms with E-state index in [1.165, 1.54) is 10.5 Å². The van der Waals surface area contributed by atoms with Gasteiger partial charge in [0.2, 0.25) is 5.91 Å². The fraction of sp³-hybridized carbons (Fsp3) is 0.190. The molecule has 1 aliphatic rings. The lowest BCUT2D eigenvalue weighted by atomic mass is 10.0. The lowest BCUT2D eigenvalue weighted by Gasteiger charge is -2.25. The van der Waals surface area contributed by atoms with Gasteiger partial charge in [-0.3, -0.25) is 18.0 Å². The van der Waals surface area contributed by atoms with Gasteiger partial charge in [-0.05, 0) is 48.2 Å². The number of amides is 1. The summed E-state index contributed by atoms with van der Waals surface area (Å²) in [6.45, 7) is 0. The van der Waals surface area contributed by atoms with Crippen LogP contribution >= 0.6 is 0 Å². The molecule has 0 bridgehead atoms. The number of anilines is 3. The molecule has 3 aromatic heterocycles. The Bertz CT molecular complexity index is 1290. The predicted octanol–water partition coefficient (Wildman–Crippen LogP) is 3.24. The van der Waals surface area contributed by atoms with Crippen LogP contribution in [0.3, 0.4) is 0 Å². The molecule has 0 saturated heterocycles. The molecule has 1 saturated carbocycles. The molecule has 4 aromatic rings. The summed E-state index contributed by atoms with van der Waals surface area (Å²) in [6.07, 6.45) is 6.75. The molecule has 9 nitrogen and oxygen atoms in total. The van der Waals surface area contributed by atoms with Gasteiger partial charge in [-0.25, -0.2) is 4.98 Å². The highest BCUT2D eigenvalue weighted by Crippen LogP contribution is 2.34. The first-order chi connectivity index (χ1) is 15.0. The monoisotopic (exact) mass is 435 g/mol. The molecule has 1 unspecified atom stereocenters. The van der Waals surface area contributed by atoms with Gasteiger partial charge >= 0.3 is 0 Å². The number of nitrogens with zero attached hydrogens (tertiary/aromatic N) is 4. The summed E-state index contributed by atoms with van der Waals surface area (Å²) >= 11 is -2.50. The molecule has 0 aliphatic heterocycles. The van der Waals surface area contributed by atoms with Crippen LogP contribution in [-0.4, -0.2) is 34.4 Å². The van der Waals surface area contributed by atoms with Gasteiger partial charge in [0.1, 0.15) is 11.5 Å². The molecule has 1 atom stereocenters. The van der Waals surface area contributed by atoms with Crippen molar-refractivity contribution in [3.63, 3.8) is 0 Å². The molecule has 31 heavy (non-hydrogen) atoms. The van der Waals surface area contributed by atoms with Crippen molar-refractivity contribution < 1.29 is 13.6 Å². The highest BCUT2D eigenvalue weighted by atomic mass is 32.2. The van der Waals surface area contributed by atoms with E-state index in [4.69, 9.17) is 0 Å². The number of aromatic nitrogens is 4. The topological polar surface area (TPSA) is 119 Å². The molecule has 0 radical (unpaired) electrons. The normalized spacial score (nSPS) is 14.5. The van der Waals surface area contributed by atoms with Gasteiger partial charge in [0.05, 0.1) is 28.8 Å².